The van der Waals surface area contributed by atoms with Gasteiger partial charge in [0.2, 0.25) is 0 Å². The van der Waals surface area contributed by atoms with E-state index in [0.717, 1.165) is 12.1 Å². The lowest BCUT2D eigenvalue weighted by Gasteiger charge is -2.25. The molecule has 1 N–H and O–H groups in total. The van der Waals surface area contributed by atoms with Crippen LogP contribution < -0.4 is 0 Å². The van der Waals surface area contributed by atoms with Crippen LogP contribution in [0.5, 0.6) is 0 Å². The standard InChI is InChI=1S/C14H23N/c1-7-11-8-12(13(3,4)5)9-14(11,6)10(2)15/h8-9,15H,7H2,1-6H3/t14-/m0/s1. The Hall–Kier alpha value is -0.850. The first kappa shape index (κ1) is 12.2. The monoisotopic (exact) mass is 205 g/mol. The third-order valence-corrected chi connectivity index (χ3v) is 3.47. The second-order valence-corrected chi connectivity index (χ2v) is 5.70. The van der Waals surface area contributed by atoms with Crippen LogP contribution in [0.2, 0.25) is 0 Å². The minimum atomic E-state index is -0.128. The van der Waals surface area contributed by atoms with E-state index in [4.69, 9.17) is 5.41 Å². The molecule has 0 aromatic rings. The highest BCUT2D eigenvalue weighted by atomic mass is 14.5. The van der Waals surface area contributed by atoms with Crippen LogP contribution in [0.15, 0.2) is 23.3 Å². The fraction of sp³-hybridized carbons (Fsp3) is 0.643. The van der Waals surface area contributed by atoms with Gasteiger partial charge in [0, 0.05) is 11.1 Å². The summed E-state index contributed by atoms with van der Waals surface area (Å²) in [5.74, 6) is 0. The summed E-state index contributed by atoms with van der Waals surface area (Å²) in [4.78, 5) is 0. The zero-order valence-corrected chi connectivity index (χ0v) is 10.9. The Kier molecular flexibility index (Phi) is 2.95. The Morgan fingerprint density at radius 2 is 1.93 bits per heavy atom. The van der Waals surface area contributed by atoms with Crippen LogP contribution in [0.3, 0.4) is 0 Å². The molecule has 0 aliphatic heterocycles. The average molecular weight is 205 g/mol. The number of allylic oxidation sites excluding steroid dienone is 4. The van der Waals surface area contributed by atoms with Crippen LogP contribution in [-0.4, -0.2) is 5.71 Å². The first-order chi connectivity index (χ1) is 6.71. The summed E-state index contributed by atoms with van der Waals surface area (Å²) >= 11 is 0. The molecule has 1 heteroatoms. The minimum absolute atomic E-state index is 0.128. The fourth-order valence-corrected chi connectivity index (χ4v) is 2.03. The van der Waals surface area contributed by atoms with Crippen molar-refractivity contribution in [2.75, 3.05) is 0 Å². The van der Waals surface area contributed by atoms with Crippen molar-refractivity contribution < 1.29 is 0 Å². The maximum atomic E-state index is 7.93. The topological polar surface area (TPSA) is 23.9 Å². The Morgan fingerprint density at radius 3 is 2.20 bits per heavy atom. The predicted molar refractivity (Wildman–Crippen MR) is 67.4 cm³/mol. The van der Waals surface area contributed by atoms with Gasteiger partial charge >= 0.3 is 0 Å². The normalized spacial score (nSPS) is 26.3. The van der Waals surface area contributed by atoms with Gasteiger partial charge in [-0.2, -0.15) is 0 Å². The first-order valence-corrected chi connectivity index (χ1v) is 5.72. The van der Waals surface area contributed by atoms with Crippen LogP contribution in [0, 0.1) is 16.2 Å². The molecule has 0 amide bonds. The van der Waals surface area contributed by atoms with Crippen LogP contribution in [0.1, 0.15) is 48.0 Å². The van der Waals surface area contributed by atoms with Crippen LogP contribution in [-0.2, 0) is 0 Å². The molecule has 1 aliphatic carbocycles. The maximum Gasteiger partial charge on any atom is 0.0446 e. The lowest BCUT2D eigenvalue weighted by Crippen LogP contribution is -2.23. The summed E-state index contributed by atoms with van der Waals surface area (Å²) < 4.78 is 0. The lowest BCUT2D eigenvalue weighted by atomic mass is 9.79. The molecule has 84 valence electrons. The molecule has 0 aromatic carbocycles. The molecule has 0 saturated carbocycles. The van der Waals surface area contributed by atoms with E-state index in [1.807, 2.05) is 6.92 Å². The Balaban J connectivity index is 3.20. The van der Waals surface area contributed by atoms with Crippen LogP contribution >= 0.6 is 0 Å². The predicted octanol–water partition coefficient (Wildman–Crippen LogP) is 4.35. The highest BCUT2D eigenvalue weighted by Gasteiger charge is 2.35. The summed E-state index contributed by atoms with van der Waals surface area (Å²) in [6.07, 6.45) is 5.59. The summed E-state index contributed by atoms with van der Waals surface area (Å²) in [6.45, 7) is 12.9. The van der Waals surface area contributed by atoms with Gasteiger partial charge in [0.25, 0.3) is 0 Å². The van der Waals surface area contributed by atoms with Crippen molar-refractivity contribution in [3.8, 4) is 0 Å². The minimum Gasteiger partial charge on any atom is -0.309 e. The van der Waals surface area contributed by atoms with Gasteiger partial charge in [-0.3, -0.25) is 0 Å². The Morgan fingerprint density at radius 1 is 1.40 bits per heavy atom. The van der Waals surface area contributed by atoms with E-state index in [1.165, 1.54) is 11.1 Å². The van der Waals surface area contributed by atoms with Crippen LogP contribution in [0.25, 0.3) is 0 Å². The summed E-state index contributed by atoms with van der Waals surface area (Å²) in [6, 6.07) is 0. The molecular weight excluding hydrogens is 182 g/mol. The van der Waals surface area contributed by atoms with E-state index >= 15 is 0 Å². The van der Waals surface area contributed by atoms with E-state index in [0.29, 0.717) is 0 Å². The average Bonchev–Trinajstić information content (AvgIpc) is 2.43. The summed E-state index contributed by atoms with van der Waals surface area (Å²) in [5, 5.41) is 7.93. The van der Waals surface area contributed by atoms with Crippen molar-refractivity contribution in [1.29, 1.82) is 5.41 Å². The molecule has 0 aromatic heterocycles. The molecule has 0 saturated heterocycles. The first-order valence-electron chi connectivity index (χ1n) is 5.72. The van der Waals surface area contributed by atoms with E-state index in [9.17, 15) is 0 Å². The largest absolute Gasteiger partial charge is 0.309 e. The third kappa shape index (κ3) is 2.06. The zero-order valence-electron chi connectivity index (χ0n) is 10.9. The Bertz CT molecular complexity index is 339. The van der Waals surface area contributed by atoms with E-state index in [1.54, 1.807) is 0 Å². The van der Waals surface area contributed by atoms with Gasteiger partial charge in [0.1, 0.15) is 0 Å². The molecule has 1 nitrogen and oxygen atoms in total. The molecule has 1 aliphatic rings. The number of hydrogen-bond donors (Lipinski definition) is 1. The molecular formula is C14H23N. The fourth-order valence-electron chi connectivity index (χ4n) is 2.03. The summed E-state index contributed by atoms with van der Waals surface area (Å²) in [7, 11) is 0. The smallest absolute Gasteiger partial charge is 0.0446 e. The maximum absolute atomic E-state index is 7.93. The van der Waals surface area contributed by atoms with Gasteiger partial charge in [0.05, 0.1) is 0 Å². The van der Waals surface area contributed by atoms with Crippen molar-refractivity contribution in [1.82, 2.24) is 0 Å². The molecule has 0 spiro atoms. The quantitative estimate of drug-likeness (QED) is 0.648. The van der Waals surface area contributed by atoms with Crippen LogP contribution in [0.4, 0.5) is 0 Å². The second kappa shape index (κ2) is 3.62. The molecule has 0 radical (unpaired) electrons. The molecule has 15 heavy (non-hydrogen) atoms. The SMILES string of the molecule is CCC1=CC(C(C)(C)C)=C[C@@]1(C)C(C)=N. The lowest BCUT2D eigenvalue weighted by molar-refractivity contribution is 0.515. The summed E-state index contributed by atoms with van der Waals surface area (Å²) in [5.41, 5.74) is 3.55. The number of nitrogens with one attached hydrogen (secondary N) is 1. The highest BCUT2D eigenvalue weighted by Crippen LogP contribution is 2.44. The highest BCUT2D eigenvalue weighted by molar-refractivity contribution is 5.91. The van der Waals surface area contributed by atoms with E-state index in [2.05, 4.69) is 46.8 Å². The van der Waals surface area contributed by atoms with Gasteiger partial charge in [-0.15, -0.1) is 0 Å². The zero-order chi connectivity index (χ0) is 11.9. The van der Waals surface area contributed by atoms with E-state index < -0.39 is 0 Å². The number of hydrogen-bond acceptors (Lipinski definition) is 1. The molecule has 0 heterocycles. The van der Waals surface area contributed by atoms with Crippen molar-refractivity contribution >= 4 is 5.71 Å². The van der Waals surface area contributed by atoms with Crippen molar-refractivity contribution in [3.05, 3.63) is 23.3 Å². The second-order valence-electron chi connectivity index (χ2n) is 5.70. The number of rotatable bonds is 2. The molecule has 1 rings (SSSR count). The third-order valence-electron chi connectivity index (χ3n) is 3.47. The van der Waals surface area contributed by atoms with Crippen molar-refractivity contribution in [2.24, 2.45) is 10.8 Å². The van der Waals surface area contributed by atoms with Gasteiger partial charge in [-0.1, -0.05) is 45.4 Å². The van der Waals surface area contributed by atoms with Crippen molar-refractivity contribution in [2.45, 2.75) is 48.0 Å². The molecule has 0 bridgehead atoms. The van der Waals surface area contributed by atoms with E-state index in [-0.39, 0.29) is 10.8 Å². The van der Waals surface area contributed by atoms with Crippen molar-refractivity contribution in [3.63, 3.8) is 0 Å². The Labute approximate surface area is 93.8 Å². The van der Waals surface area contributed by atoms with Gasteiger partial charge in [0.15, 0.2) is 0 Å². The van der Waals surface area contributed by atoms with Gasteiger partial charge < -0.3 is 5.41 Å². The molecule has 0 fully saturated rings. The molecule has 1 atom stereocenters. The molecule has 0 unspecified atom stereocenters. The van der Waals surface area contributed by atoms with Gasteiger partial charge in [-0.05, 0) is 31.3 Å². The van der Waals surface area contributed by atoms with Gasteiger partial charge in [-0.25, -0.2) is 0 Å².